The number of nitriles is 1. The Morgan fingerprint density at radius 1 is 1.89 bits per heavy atom. The Labute approximate surface area is 59.2 Å². The number of carbonyl (C=O) groups is 1. The number of thioether (sulfide) groups is 1. The highest BCUT2D eigenvalue weighted by Crippen LogP contribution is 2.09. The Bertz CT molecular complexity index is 138. The minimum atomic E-state index is -0.449. The molecule has 0 fully saturated rings. The minimum Gasteiger partial charge on any atom is -0.298 e. The molecular formula is C6H9NOS. The monoisotopic (exact) mass is 143 g/mol. The lowest BCUT2D eigenvalue weighted by Gasteiger charge is -1.98. The van der Waals surface area contributed by atoms with Gasteiger partial charge in [0.1, 0.15) is 5.25 Å². The summed E-state index contributed by atoms with van der Waals surface area (Å²) < 4.78 is 0. The summed E-state index contributed by atoms with van der Waals surface area (Å²) >= 11 is 1.37. The van der Waals surface area contributed by atoms with Crippen molar-refractivity contribution in [3.63, 3.8) is 0 Å². The third kappa shape index (κ3) is 3.15. The molecule has 50 valence electrons. The van der Waals surface area contributed by atoms with Gasteiger partial charge in [-0.3, -0.25) is 4.79 Å². The van der Waals surface area contributed by atoms with Gasteiger partial charge in [0.2, 0.25) is 0 Å². The number of hydrogen-bond donors (Lipinski definition) is 0. The zero-order valence-electron chi connectivity index (χ0n) is 5.55. The summed E-state index contributed by atoms with van der Waals surface area (Å²) in [6.45, 7) is 3.37. The molecule has 0 radical (unpaired) electrons. The Morgan fingerprint density at radius 2 is 2.44 bits per heavy atom. The first kappa shape index (κ1) is 8.51. The molecule has 0 aromatic rings. The van der Waals surface area contributed by atoms with Crippen LogP contribution in [0.1, 0.15) is 13.8 Å². The van der Waals surface area contributed by atoms with Crippen molar-refractivity contribution in [3.8, 4) is 6.07 Å². The van der Waals surface area contributed by atoms with Gasteiger partial charge in [-0.25, -0.2) is 0 Å². The summed E-state index contributed by atoms with van der Waals surface area (Å²) in [7, 11) is 0. The standard InChI is InChI=1S/C6H9NOS/c1-3-9-6(4-7)5(2)8/h6H,3H2,1-2H3/t6-/m1/s1. The van der Waals surface area contributed by atoms with Gasteiger partial charge >= 0.3 is 0 Å². The van der Waals surface area contributed by atoms with E-state index in [0.29, 0.717) is 0 Å². The van der Waals surface area contributed by atoms with E-state index in [9.17, 15) is 4.79 Å². The van der Waals surface area contributed by atoms with Crippen molar-refractivity contribution in [2.75, 3.05) is 5.75 Å². The lowest BCUT2D eigenvalue weighted by Crippen LogP contribution is -2.10. The van der Waals surface area contributed by atoms with Crippen molar-refractivity contribution in [2.24, 2.45) is 0 Å². The highest BCUT2D eigenvalue weighted by Gasteiger charge is 2.10. The van der Waals surface area contributed by atoms with Crippen molar-refractivity contribution >= 4 is 17.5 Å². The van der Waals surface area contributed by atoms with E-state index in [1.54, 1.807) is 0 Å². The number of hydrogen-bond acceptors (Lipinski definition) is 3. The van der Waals surface area contributed by atoms with Gasteiger partial charge in [0.25, 0.3) is 0 Å². The average Bonchev–Trinajstić information content (AvgIpc) is 1.82. The number of carbonyl (C=O) groups excluding carboxylic acids is 1. The van der Waals surface area contributed by atoms with Crippen molar-refractivity contribution in [2.45, 2.75) is 19.1 Å². The summed E-state index contributed by atoms with van der Waals surface area (Å²) in [5, 5.41) is 7.89. The van der Waals surface area contributed by atoms with Gasteiger partial charge < -0.3 is 0 Å². The molecule has 0 unspecified atom stereocenters. The molecule has 0 aliphatic rings. The van der Waals surface area contributed by atoms with Crippen molar-refractivity contribution in [1.29, 1.82) is 5.26 Å². The van der Waals surface area contributed by atoms with Crippen LogP contribution in [0, 0.1) is 11.3 Å². The van der Waals surface area contributed by atoms with E-state index in [1.807, 2.05) is 13.0 Å². The summed E-state index contributed by atoms with van der Waals surface area (Å²) in [6.07, 6.45) is 0. The van der Waals surface area contributed by atoms with Crippen molar-refractivity contribution in [3.05, 3.63) is 0 Å². The minimum absolute atomic E-state index is 0.0515. The van der Waals surface area contributed by atoms with Crippen LogP contribution < -0.4 is 0 Å². The fourth-order valence-corrected chi connectivity index (χ4v) is 1.05. The molecule has 1 atom stereocenters. The molecule has 0 saturated heterocycles. The zero-order chi connectivity index (χ0) is 7.28. The van der Waals surface area contributed by atoms with Crippen LogP contribution in [0.15, 0.2) is 0 Å². The first-order valence-corrected chi connectivity index (χ1v) is 3.79. The van der Waals surface area contributed by atoms with Crippen LogP contribution in [0.2, 0.25) is 0 Å². The van der Waals surface area contributed by atoms with Gasteiger partial charge in [0.05, 0.1) is 6.07 Å². The molecule has 2 nitrogen and oxygen atoms in total. The normalized spacial score (nSPS) is 12.1. The van der Waals surface area contributed by atoms with Gasteiger partial charge in [0.15, 0.2) is 5.78 Å². The fourth-order valence-electron chi connectivity index (χ4n) is 0.412. The maximum atomic E-state index is 10.5. The summed E-state index contributed by atoms with van der Waals surface area (Å²) in [6, 6.07) is 1.92. The van der Waals surface area contributed by atoms with Gasteiger partial charge in [0, 0.05) is 0 Å². The van der Waals surface area contributed by atoms with Crippen LogP contribution in [-0.4, -0.2) is 16.8 Å². The lowest BCUT2D eigenvalue weighted by molar-refractivity contribution is -0.115. The predicted octanol–water partition coefficient (Wildman–Crippen LogP) is 1.22. The second-order valence-electron chi connectivity index (χ2n) is 1.58. The molecule has 0 aromatic carbocycles. The molecule has 0 rings (SSSR count). The summed E-state index contributed by atoms with van der Waals surface area (Å²) in [5.41, 5.74) is 0. The molecule has 0 spiro atoms. The molecule has 0 aliphatic carbocycles. The molecular weight excluding hydrogens is 134 g/mol. The largest absolute Gasteiger partial charge is 0.298 e. The van der Waals surface area contributed by atoms with Gasteiger partial charge in [-0.05, 0) is 12.7 Å². The Hall–Kier alpha value is -0.490. The molecule has 0 heterocycles. The van der Waals surface area contributed by atoms with Gasteiger partial charge in [-0.2, -0.15) is 5.26 Å². The van der Waals surface area contributed by atoms with E-state index in [-0.39, 0.29) is 5.78 Å². The number of ketones is 1. The van der Waals surface area contributed by atoms with Crippen LogP contribution in [-0.2, 0) is 4.79 Å². The molecule has 0 aliphatic heterocycles. The topological polar surface area (TPSA) is 40.9 Å². The molecule has 0 aromatic heterocycles. The lowest BCUT2D eigenvalue weighted by atomic mass is 10.3. The van der Waals surface area contributed by atoms with E-state index >= 15 is 0 Å². The van der Waals surface area contributed by atoms with Crippen LogP contribution in [0.3, 0.4) is 0 Å². The van der Waals surface area contributed by atoms with Crippen LogP contribution in [0.25, 0.3) is 0 Å². The van der Waals surface area contributed by atoms with E-state index in [0.717, 1.165) is 5.75 Å². The maximum absolute atomic E-state index is 10.5. The van der Waals surface area contributed by atoms with Crippen LogP contribution in [0.4, 0.5) is 0 Å². The number of nitrogens with zero attached hydrogens (tertiary/aromatic N) is 1. The molecule has 0 amide bonds. The van der Waals surface area contributed by atoms with E-state index in [4.69, 9.17) is 5.26 Å². The Morgan fingerprint density at radius 3 is 2.56 bits per heavy atom. The zero-order valence-corrected chi connectivity index (χ0v) is 6.36. The average molecular weight is 143 g/mol. The highest BCUT2D eigenvalue weighted by atomic mass is 32.2. The maximum Gasteiger partial charge on any atom is 0.156 e. The van der Waals surface area contributed by atoms with Gasteiger partial charge in [-0.1, -0.05) is 6.92 Å². The second kappa shape index (κ2) is 4.39. The second-order valence-corrected chi connectivity index (χ2v) is 2.96. The van der Waals surface area contributed by atoms with Gasteiger partial charge in [-0.15, -0.1) is 11.8 Å². The highest BCUT2D eigenvalue weighted by molar-refractivity contribution is 8.00. The number of Topliss-reactive ketones (excluding diaryl/α,β-unsaturated/α-hetero) is 1. The predicted molar refractivity (Wildman–Crippen MR) is 38.2 cm³/mol. The van der Waals surface area contributed by atoms with E-state index in [1.165, 1.54) is 18.7 Å². The smallest absolute Gasteiger partial charge is 0.156 e. The quantitative estimate of drug-likeness (QED) is 0.596. The van der Waals surface area contributed by atoms with Crippen LogP contribution >= 0.6 is 11.8 Å². The molecule has 0 bridgehead atoms. The number of rotatable bonds is 3. The summed E-state index contributed by atoms with van der Waals surface area (Å²) in [5.74, 6) is 0.766. The summed E-state index contributed by atoms with van der Waals surface area (Å²) in [4.78, 5) is 10.5. The Balaban J connectivity index is 3.72. The molecule has 3 heteroatoms. The van der Waals surface area contributed by atoms with Crippen molar-refractivity contribution in [1.82, 2.24) is 0 Å². The molecule has 0 N–H and O–H groups in total. The first-order chi connectivity index (χ1) is 4.22. The van der Waals surface area contributed by atoms with Crippen LogP contribution in [0.5, 0.6) is 0 Å². The van der Waals surface area contributed by atoms with E-state index < -0.39 is 5.25 Å². The SMILES string of the molecule is CCS[C@H](C#N)C(C)=O. The third-order valence-corrected chi connectivity index (χ3v) is 1.92. The molecule has 0 saturated carbocycles. The molecule has 9 heavy (non-hydrogen) atoms. The Kier molecular flexibility index (Phi) is 4.16. The fraction of sp³-hybridized carbons (Fsp3) is 0.667. The van der Waals surface area contributed by atoms with Crippen molar-refractivity contribution < 1.29 is 4.79 Å². The third-order valence-electron chi connectivity index (χ3n) is 0.820. The van der Waals surface area contributed by atoms with E-state index in [2.05, 4.69) is 0 Å². The first-order valence-electron chi connectivity index (χ1n) is 2.74.